The number of anilines is 1. The zero-order valence-corrected chi connectivity index (χ0v) is 18.9. The highest BCUT2D eigenvalue weighted by Gasteiger charge is 2.36. The number of hydrogen-bond acceptors (Lipinski definition) is 4. The Morgan fingerprint density at radius 1 is 1.10 bits per heavy atom. The van der Waals surface area contributed by atoms with Crippen molar-refractivity contribution in [1.29, 1.82) is 0 Å². The number of hydrogen-bond donors (Lipinski definition) is 1. The summed E-state index contributed by atoms with van der Waals surface area (Å²) < 4.78 is 23.8. The van der Waals surface area contributed by atoms with Gasteiger partial charge in [-0.25, -0.2) is 4.72 Å². The van der Waals surface area contributed by atoms with Gasteiger partial charge in [0.05, 0.1) is 0 Å². The molecule has 0 amide bonds. The fraction of sp³-hybridized carbons (Fsp3) is 0.520. The average Bonchev–Trinajstić information content (AvgIpc) is 2.70. The summed E-state index contributed by atoms with van der Waals surface area (Å²) in [5, 5.41) is 0. The Hall–Kier alpha value is -1.73. The third-order valence-corrected chi connectivity index (χ3v) is 7.90. The van der Waals surface area contributed by atoms with Crippen LogP contribution in [0.2, 0.25) is 0 Å². The standard InChI is InChI=1S/C25H33N3O2S/c29-31(30)26-12-11-20-17-28(18-20)22-9-7-21-8-10-25(27-13-4-14-27)24(23(21)16-22)15-19-5-2-1-3-6-19/h1-3,5-7,9,16,20,24-26H,4,8,10-15,17-18H2,(H,29,30)/p-1/t24-,25+/m1/s1. The quantitative estimate of drug-likeness (QED) is 0.643. The predicted octanol–water partition coefficient (Wildman–Crippen LogP) is 3.24. The molecule has 166 valence electrons. The maximum atomic E-state index is 10.6. The number of rotatable bonds is 8. The Balaban J connectivity index is 1.32. The fourth-order valence-electron chi connectivity index (χ4n) is 5.60. The second-order valence-electron chi connectivity index (χ2n) is 9.36. The number of likely N-dealkylation sites (tertiary alicyclic amines) is 1. The Morgan fingerprint density at radius 2 is 1.90 bits per heavy atom. The second kappa shape index (κ2) is 9.41. The van der Waals surface area contributed by atoms with Gasteiger partial charge in [-0.15, -0.1) is 0 Å². The molecule has 2 aromatic carbocycles. The van der Waals surface area contributed by atoms with Crippen LogP contribution in [0.5, 0.6) is 0 Å². The number of fused-ring (bicyclic) bond motifs is 1. The van der Waals surface area contributed by atoms with Gasteiger partial charge in [0.1, 0.15) is 0 Å². The topological polar surface area (TPSA) is 58.6 Å². The summed E-state index contributed by atoms with van der Waals surface area (Å²) in [5.74, 6) is 1.13. The monoisotopic (exact) mass is 438 g/mol. The van der Waals surface area contributed by atoms with Crippen LogP contribution in [0.15, 0.2) is 48.5 Å². The highest BCUT2D eigenvalue weighted by Crippen LogP contribution is 2.41. The van der Waals surface area contributed by atoms with Gasteiger partial charge in [-0.2, -0.15) is 0 Å². The third kappa shape index (κ3) is 4.72. The third-order valence-electron chi connectivity index (χ3n) is 7.46. The molecule has 3 atom stereocenters. The molecular weight excluding hydrogens is 406 g/mol. The van der Waals surface area contributed by atoms with Crippen molar-refractivity contribution in [2.75, 3.05) is 37.6 Å². The van der Waals surface area contributed by atoms with Crippen molar-refractivity contribution in [2.45, 2.75) is 44.1 Å². The van der Waals surface area contributed by atoms with Crippen LogP contribution in [-0.2, 0) is 24.1 Å². The number of nitrogens with zero attached hydrogens (tertiary/aromatic N) is 2. The first kappa shape index (κ1) is 21.1. The van der Waals surface area contributed by atoms with E-state index < -0.39 is 11.3 Å². The van der Waals surface area contributed by atoms with Crippen molar-refractivity contribution in [3.05, 3.63) is 65.2 Å². The number of benzene rings is 2. The van der Waals surface area contributed by atoms with Crippen LogP contribution in [-0.4, -0.2) is 52.4 Å². The molecule has 1 aliphatic carbocycles. The van der Waals surface area contributed by atoms with Crippen molar-refractivity contribution in [3.63, 3.8) is 0 Å². The molecule has 2 aliphatic heterocycles. The summed E-state index contributed by atoms with van der Waals surface area (Å²) in [7, 11) is 0. The molecule has 6 heteroatoms. The molecule has 3 aliphatic rings. The van der Waals surface area contributed by atoms with Crippen LogP contribution in [0.25, 0.3) is 0 Å². The molecule has 0 radical (unpaired) electrons. The number of aryl methyl sites for hydroxylation is 1. The molecule has 31 heavy (non-hydrogen) atoms. The maximum absolute atomic E-state index is 10.6. The van der Waals surface area contributed by atoms with E-state index in [0.29, 0.717) is 24.4 Å². The van der Waals surface area contributed by atoms with Gasteiger partial charge in [0.25, 0.3) is 0 Å². The average molecular weight is 439 g/mol. The van der Waals surface area contributed by atoms with Crippen molar-refractivity contribution < 1.29 is 8.76 Å². The second-order valence-corrected chi connectivity index (χ2v) is 10.1. The Labute approximate surface area is 188 Å². The lowest BCUT2D eigenvalue weighted by atomic mass is 9.74. The molecule has 0 spiro atoms. The summed E-state index contributed by atoms with van der Waals surface area (Å²) in [4.78, 5) is 5.15. The van der Waals surface area contributed by atoms with E-state index in [9.17, 15) is 8.76 Å². The van der Waals surface area contributed by atoms with E-state index in [2.05, 4.69) is 63.1 Å². The first-order valence-electron chi connectivity index (χ1n) is 11.7. The van der Waals surface area contributed by atoms with E-state index in [1.165, 1.54) is 49.2 Å². The molecule has 5 nitrogen and oxygen atoms in total. The number of nitrogens with one attached hydrogen (secondary N) is 1. The minimum atomic E-state index is -2.15. The lowest BCUT2D eigenvalue weighted by Gasteiger charge is -2.46. The highest BCUT2D eigenvalue weighted by atomic mass is 32.2. The van der Waals surface area contributed by atoms with Crippen LogP contribution in [0.4, 0.5) is 5.69 Å². The van der Waals surface area contributed by atoms with Gasteiger partial charge in [-0.05, 0) is 79.9 Å². The minimum Gasteiger partial charge on any atom is -0.760 e. The van der Waals surface area contributed by atoms with E-state index >= 15 is 0 Å². The summed E-state index contributed by atoms with van der Waals surface area (Å²) in [6.07, 6.45) is 5.81. The molecule has 1 N–H and O–H groups in total. The minimum absolute atomic E-state index is 0.537. The highest BCUT2D eigenvalue weighted by molar-refractivity contribution is 7.77. The smallest absolute Gasteiger partial charge is 0.0369 e. The van der Waals surface area contributed by atoms with Crippen molar-refractivity contribution >= 4 is 17.0 Å². The summed E-state index contributed by atoms with van der Waals surface area (Å²) in [6.45, 7) is 5.08. The van der Waals surface area contributed by atoms with E-state index in [-0.39, 0.29) is 0 Å². The van der Waals surface area contributed by atoms with E-state index in [0.717, 1.165) is 25.9 Å². The Bertz CT molecular complexity index is 912. The summed E-state index contributed by atoms with van der Waals surface area (Å²) in [6, 6.07) is 18.7. The normalized spacial score (nSPS) is 24.9. The molecule has 0 saturated carbocycles. The van der Waals surface area contributed by atoms with Crippen molar-refractivity contribution in [2.24, 2.45) is 5.92 Å². The molecule has 2 fully saturated rings. The SMILES string of the molecule is O=S([O-])NCCC1CN(c2ccc3c(c2)[C@@H](Cc2ccccc2)[C@@H](N2CCC2)CC3)C1. The first-order valence-corrected chi connectivity index (χ1v) is 12.7. The zero-order chi connectivity index (χ0) is 21.2. The lowest BCUT2D eigenvalue weighted by Crippen LogP contribution is -2.50. The van der Waals surface area contributed by atoms with Gasteiger partial charge in [0, 0.05) is 48.5 Å². The Kier molecular flexibility index (Phi) is 6.41. The molecule has 2 heterocycles. The summed E-state index contributed by atoms with van der Waals surface area (Å²) in [5.41, 5.74) is 5.85. The Morgan fingerprint density at radius 3 is 2.61 bits per heavy atom. The van der Waals surface area contributed by atoms with Gasteiger partial charge >= 0.3 is 0 Å². The molecule has 2 aromatic rings. The predicted molar refractivity (Wildman–Crippen MR) is 125 cm³/mol. The molecule has 1 unspecified atom stereocenters. The molecule has 5 rings (SSSR count). The van der Waals surface area contributed by atoms with E-state index in [1.807, 2.05) is 0 Å². The van der Waals surface area contributed by atoms with Crippen LogP contribution in [0, 0.1) is 5.92 Å². The van der Waals surface area contributed by atoms with E-state index in [1.54, 1.807) is 5.56 Å². The first-order chi connectivity index (χ1) is 15.2. The summed E-state index contributed by atoms with van der Waals surface area (Å²) >= 11 is -2.15. The molecule has 0 aromatic heterocycles. The zero-order valence-electron chi connectivity index (χ0n) is 18.0. The molecule has 2 saturated heterocycles. The van der Waals surface area contributed by atoms with Crippen LogP contribution < -0.4 is 9.62 Å². The molecular formula is C25H32N3O2S-. The van der Waals surface area contributed by atoms with Gasteiger partial charge in [0.2, 0.25) is 0 Å². The van der Waals surface area contributed by atoms with Crippen LogP contribution in [0.3, 0.4) is 0 Å². The maximum Gasteiger partial charge on any atom is 0.0369 e. The lowest BCUT2D eigenvalue weighted by molar-refractivity contribution is 0.0877. The van der Waals surface area contributed by atoms with Gasteiger partial charge in [0.15, 0.2) is 0 Å². The fourth-order valence-corrected chi connectivity index (χ4v) is 5.88. The largest absolute Gasteiger partial charge is 0.760 e. The van der Waals surface area contributed by atoms with Crippen molar-refractivity contribution in [3.8, 4) is 0 Å². The van der Waals surface area contributed by atoms with E-state index in [4.69, 9.17) is 0 Å². The van der Waals surface area contributed by atoms with Crippen molar-refractivity contribution in [1.82, 2.24) is 9.62 Å². The van der Waals surface area contributed by atoms with Gasteiger partial charge in [-0.3, -0.25) is 9.11 Å². The van der Waals surface area contributed by atoms with Gasteiger partial charge in [-0.1, -0.05) is 36.4 Å². The van der Waals surface area contributed by atoms with Crippen LogP contribution in [0.1, 0.15) is 41.9 Å². The van der Waals surface area contributed by atoms with Crippen LogP contribution >= 0.6 is 0 Å². The van der Waals surface area contributed by atoms with Gasteiger partial charge < -0.3 is 9.45 Å². The molecule has 0 bridgehead atoms.